The Hall–Kier alpha value is -1.72. The first-order valence-corrected chi connectivity index (χ1v) is 6.23. The number of hydrogen-bond donors (Lipinski definition) is 0. The lowest BCUT2D eigenvalue weighted by Crippen LogP contribution is -2.33. The van der Waals surface area contributed by atoms with E-state index in [2.05, 4.69) is 10.2 Å². The highest BCUT2D eigenvalue weighted by Gasteiger charge is 2.37. The molecular weight excluding hydrogens is 248 g/mol. The van der Waals surface area contributed by atoms with Crippen molar-refractivity contribution in [1.82, 2.24) is 0 Å². The molecular formula is C13H20N2O4. The van der Waals surface area contributed by atoms with Crippen LogP contribution < -0.4 is 0 Å². The third-order valence-electron chi connectivity index (χ3n) is 2.33. The lowest BCUT2D eigenvalue weighted by Gasteiger charge is -2.24. The van der Waals surface area contributed by atoms with Gasteiger partial charge in [0.05, 0.1) is 19.4 Å². The second-order valence-corrected chi connectivity index (χ2v) is 5.38. The average molecular weight is 268 g/mol. The van der Waals surface area contributed by atoms with Crippen molar-refractivity contribution in [2.75, 3.05) is 6.61 Å². The van der Waals surface area contributed by atoms with E-state index in [1.54, 1.807) is 33.8 Å². The highest BCUT2D eigenvalue weighted by molar-refractivity contribution is 5.76. The minimum absolute atomic E-state index is 0.0138. The monoisotopic (exact) mass is 268 g/mol. The van der Waals surface area contributed by atoms with Crippen molar-refractivity contribution in [1.29, 1.82) is 0 Å². The summed E-state index contributed by atoms with van der Waals surface area (Å²) in [5, 5.41) is 7.70. The van der Waals surface area contributed by atoms with Crippen LogP contribution >= 0.6 is 0 Å². The summed E-state index contributed by atoms with van der Waals surface area (Å²) < 4.78 is 10.1. The second kappa shape index (κ2) is 5.95. The molecule has 1 aliphatic rings. The molecule has 1 rings (SSSR count). The van der Waals surface area contributed by atoms with Gasteiger partial charge in [0.2, 0.25) is 0 Å². The van der Waals surface area contributed by atoms with E-state index in [9.17, 15) is 9.59 Å². The lowest BCUT2D eigenvalue weighted by atomic mass is 9.92. The normalized spacial score (nSPS) is 21.5. The summed E-state index contributed by atoms with van der Waals surface area (Å²) >= 11 is 0. The minimum Gasteiger partial charge on any atom is -0.466 e. The Labute approximate surface area is 112 Å². The Morgan fingerprint density at radius 2 is 1.84 bits per heavy atom. The molecule has 0 bridgehead atoms. The van der Waals surface area contributed by atoms with Gasteiger partial charge in [-0.15, -0.1) is 0 Å². The second-order valence-electron chi connectivity index (χ2n) is 5.38. The molecule has 0 fully saturated rings. The van der Waals surface area contributed by atoms with Crippen molar-refractivity contribution in [2.45, 2.75) is 51.7 Å². The van der Waals surface area contributed by atoms with Crippen LogP contribution in [0.3, 0.4) is 0 Å². The summed E-state index contributed by atoms with van der Waals surface area (Å²) in [6.07, 6.45) is 3.07. The van der Waals surface area contributed by atoms with Gasteiger partial charge in [-0.1, -0.05) is 0 Å². The zero-order chi connectivity index (χ0) is 14.5. The van der Waals surface area contributed by atoms with Crippen molar-refractivity contribution < 1.29 is 19.1 Å². The molecule has 6 nitrogen and oxygen atoms in total. The molecule has 0 spiro atoms. The van der Waals surface area contributed by atoms with Gasteiger partial charge in [-0.3, -0.25) is 9.59 Å². The topological polar surface area (TPSA) is 77.3 Å². The molecule has 106 valence electrons. The Morgan fingerprint density at radius 3 is 2.32 bits per heavy atom. The summed E-state index contributed by atoms with van der Waals surface area (Å²) in [7, 11) is 0. The molecule has 1 aliphatic heterocycles. The van der Waals surface area contributed by atoms with Gasteiger partial charge < -0.3 is 9.47 Å². The van der Waals surface area contributed by atoms with E-state index in [-0.39, 0.29) is 12.8 Å². The molecule has 0 radical (unpaired) electrons. The number of carbonyl (C=O) groups excluding carboxylic acids is 2. The maximum atomic E-state index is 11.8. The standard InChI is InChI=1S/C13H20N2O4/c1-5-18-10(16)8-13(6-7-14-15-13)9-11(17)19-12(2,3)4/h6-7H,5,8-9H2,1-4H3. The number of azo groups is 1. The number of carbonyl (C=O) groups is 2. The fourth-order valence-corrected chi connectivity index (χ4v) is 1.69. The third-order valence-corrected chi connectivity index (χ3v) is 2.33. The van der Waals surface area contributed by atoms with E-state index in [0.29, 0.717) is 6.61 Å². The highest BCUT2D eigenvalue weighted by atomic mass is 16.6. The van der Waals surface area contributed by atoms with Crippen LogP contribution in [-0.4, -0.2) is 29.7 Å². The SMILES string of the molecule is CCOC(=O)CC1(CC(=O)OC(C)(C)C)C=CN=N1. The third kappa shape index (κ3) is 5.19. The van der Waals surface area contributed by atoms with E-state index in [1.165, 1.54) is 6.20 Å². The Morgan fingerprint density at radius 1 is 1.21 bits per heavy atom. The fraction of sp³-hybridized carbons (Fsp3) is 0.692. The summed E-state index contributed by atoms with van der Waals surface area (Å²) in [5.74, 6) is -0.821. The number of rotatable bonds is 5. The summed E-state index contributed by atoms with van der Waals surface area (Å²) in [6, 6.07) is 0. The van der Waals surface area contributed by atoms with E-state index in [0.717, 1.165) is 0 Å². The van der Waals surface area contributed by atoms with Crippen LogP contribution in [0.1, 0.15) is 40.5 Å². The van der Waals surface area contributed by atoms with Crippen LogP contribution in [0.15, 0.2) is 22.5 Å². The predicted octanol–water partition coefficient (Wildman–Crippen LogP) is 2.39. The molecule has 0 saturated carbocycles. The van der Waals surface area contributed by atoms with Crippen molar-refractivity contribution in [3.63, 3.8) is 0 Å². The summed E-state index contributed by atoms with van der Waals surface area (Å²) in [6.45, 7) is 7.38. The lowest BCUT2D eigenvalue weighted by molar-refractivity contribution is -0.156. The molecule has 0 N–H and O–H groups in total. The number of nitrogens with zero attached hydrogens (tertiary/aromatic N) is 2. The first kappa shape index (κ1) is 15.3. The van der Waals surface area contributed by atoms with Gasteiger partial charge in [0, 0.05) is 6.20 Å². The first-order valence-electron chi connectivity index (χ1n) is 6.23. The summed E-state index contributed by atoms with van der Waals surface area (Å²) in [4.78, 5) is 23.4. The van der Waals surface area contributed by atoms with E-state index >= 15 is 0 Å². The van der Waals surface area contributed by atoms with Crippen LogP contribution in [0.4, 0.5) is 0 Å². The molecule has 0 aromatic carbocycles. The molecule has 0 amide bonds. The van der Waals surface area contributed by atoms with E-state index < -0.39 is 23.1 Å². The molecule has 6 heteroatoms. The van der Waals surface area contributed by atoms with Crippen molar-refractivity contribution in [3.05, 3.63) is 12.3 Å². The number of ether oxygens (including phenoxy) is 2. The maximum Gasteiger partial charge on any atom is 0.309 e. The van der Waals surface area contributed by atoms with Gasteiger partial charge >= 0.3 is 11.9 Å². The molecule has 1 heterocycles. The first-order chi connectivity index (χ1) is 8.76. The average Bonchev–Trinajstić information content (AvgIpc) is 2.62. The molecule has 0 aliphatic carbocycles. The van der Waals surface area contributed by atoms with Gasteiger partial charge in [0.1, 0.15) is 11.1 Å². The smallest absolute Gasteiger partial charge is 0.309 e. The van der Waals surface area contributed by atoms with Crippen molar-refractivity contribution in [2.24, 2.45) is 10.2 Å². The molecule has 0 saturated heterocycles. The molecule has 0 aromatic heterocycles. The van der Waals surface area contributed by atoms with Crippen LogP contribution in [0.25, 0.3) is 0 Å². The fourth-order valence-electron chi connectivity index (χ4n) is 1.69. The van der Waals surface area contributed by atoms with Crippen molar-refractivity contribution in [3.8, 4) is 0 Å². The quantitative estimate of drug-likeness (QED) is 0.717. The van der Waals surface area contributed by atoms with Gasteiger partial charge in [0.25, 0.3) is 0 Å². The van der Waals surface area contributed by atoms with Crippen LogP contribution in [0, 0.1) is 0 Å². The van der Waals surface area contributed by atoms with Crippen LogP contribution in [0.5, 0.6) is 0 Å². The minimum atomic E-state index is -0.964. The largest absolute Gasteiger partial charge is 0.466 e. The van der Waals surface area contributed by atoms with Crippen molar-refractivity contribution >= 4 is 11.9 Å². The Kier molecular flexibility index (Phi) is 4.80. The van der Waals surface area contributed by atoms with Gasteiger partial charge in [-0.2, -0.15) is 10.2 Å². The van der Waals surface area contributed by atoms with Gasteiger partial charge in [0.15, 0.2) is 0 Å². The molecule has 19 heavy (non-hydrogen) atoms. The molecule has 0 aromatic rings. The maximum absolute atomic E-state index is 11.8. The van der Waals surface area contributed by atoms with Gasteiger partial charge in [-0.25, -0.2) is 0 Å². The number of esters is 2. The van der Waals surface area contributed by atoms with Gasteiger partial charge in [-0.05, 0) is 33.8 Å². The summed E-state index contributed by atoms with van der Waals surface area (Å²) in [5.41, 5.74) is -1.53. The Balaban J connectivity index is 2.68. The van der Waals surface area contributed by atoms with Crippen LogP contribution in [-0.2, 0) is 19.1 Å². The predicted molar refractivity (Wildman–Crippen MR) is 68.4 cm³/mol. The van der Waals surface area contributed by atoms with E-state index in [1.807, 2.05) is 0 Å². The number of hydrogen-bond acceptors (Lipinski definition) is 6. The zero-order valence-electron chi connectivity index (χ0n) is 11.8. The zero-order valence-corrected chi connectivity index (χ0v) is 11.8. The highest BCUT2D eigenvalue weighted by Crippen LogP contribution is 2.29. The van der Waals surface area contributed by atoms with Crippen LogP contribution in [0.2, 0.25) is 0 Å². The van der Waals surface area contributed by atoms with E-state index in [4.69, 9.17) is 9.47 Å². The molecule has 1 unspecified atom stereocenters. The molecule has 1 atom stereocenters. The Bertz CT molecular complexity index is 395.